The van der Waals surface area contributed by atoms with Gasteiger partial charge in [-0.1, -0.05) is 23.7 Å². The number of Topliss-reactive ketones (excluding diaryl/α,β-unsaturated/α-hetero) is 1. The second kappa shape index (κ2) is 8.34. The van der Waals surface area contributed by atoms with Crippen molar-refractivity contribution in [2.75, 3.05) is 7.11 Å². The molecule has 6 heteroatoms. The van der Waals surface area contributed by atoms with Crippen molar-refractivity contribution in [1.29, 1.82) is 0 Å². The zero-order chi connectivity index (χ0) is 23.1. The van der Waals surface area contributed by atoms with Crippen LogP contribution in [0.2, 0.25) is 5.02 Å². The van der Waals surface area contributed by atoms with Crippen molar-refractivity contribution < 1.29 is 19.0 Å². The van der Waals surface area contributed by atoms with Crippen LogP contribution in [0.3, 0.4) is 0 Å². The van der Waals surface area contributed by atoms with E-state index >= 15 is 0 Å². The number of rotatable bonds is 5. The number of methoxy groups -OCH3 is 1. The van der Waals surface area contributed by atoms with Gasteiger partial charge < -0.3 is 18.8 Å². The summed E-state index contributed by atoms with van der Waals surface area (Å²) in [6, 6.07) is 17.0. The Morgan fingerprint density at radius 3 is 2.64 bits per heavy atom. The van der Waals surface area contributed by atoms with Gasteiger partial charge in [-0.2, -0.15) is 0 Å². The van der Waals surface area contributed by atoms with Gasteiger partial charge in [0.25, 0.3) is 0 Å². The molecule has 4 aromatic rings. The summed E-state index contributed by atoms with van der Waals surface area (Å²) in [6.07, 6.45) is 3.77. The highest BCUT2D eigenvalue weighted by Gasteiger charge is 2.30. The number of benzene rings is 3. The highest BCUT2D eigenvalue weighted by atomic mass is 35.5. The van der Waals surface area contributed by atoms with Gasteiger partial charge in [-0.25, -0.2) is 0 Å². The summed E-state index contributed by atoms with van der Waals surface area (Å²) in [5.41, 5.74) is 4.26. The van der Waals surface area contributed by atoms with Crippen LogP contribution in [0.4, 0.5) is 0 Å². The predicted molar refractivity (Wildman–Crippen MR) is 129 cm³/mol. The first-order valence-electron chi connectivity index (χ1n) is 10.5. The topological polar surface area (TPSA) is 49.7 Å². The number of hydrogen-bond donors (Lipinski definition) is 0. The molecule has 0 saturated carbocycles. The summed E-state index contributed by atoms with van der Waals surface area (Å²) in [4.78, 5) is 13.1. The van der Waals surface area contributed by atoms with Gasteiger partial charge in [0, 0.05) is 40.3 Å². The lowest BCUT2D eigenvalue weighted by Crippen LogP contribution is -1.98. The van der Waals surface area contributed by atoms with Crippen molar-refractivity contribution in [3.8, 4) is 17.2 Å². The molecule has 33 heavy (non-hydrogen) atoms. The summed E-state index contributed by atoms with van der Waals surface area (Å²) in [5.74, 6) is 2.12. The molecule has 5 nitrogen and oxygen atoms in total. The third kappa shape index (κ3) is 3.85. The van der Waals surface area contributed by atoms with Crippen LogP contribution in [0.5, 0.6) is 17.2 Å². The van der Waals surface area contributed by atoms with Gasteiger partial charge in [0.05, 0.1) is 12.7 Å². The number of ketones is 1. The van der Waals surface area contributed by atoms with E-state index in [0.29, 0.717) is 34.5 Å². The van der Waals surface area contributed by atoms with Gasteiger partial charge >= 0.3 is 0 Å². The van der Waals surface area contributed by atoms with Crippen molar-refractivity contribution in [3.05, 3.63) is 93.8 Å². The van der Waals surface area contributed by atoms with Gasteiger partial charge in [-0.05, 0) is 61.0 Å². The average Bonchev–Trinajstić information content (AvgIpc) is 3.31. The third-order valence-corrected chi connectivity index (χ3v) is 6.11. The molecule has 1 aliphatic heterocycles. The number of hydrogen-bond acceptors (Lipinski definition) is 4. The van der Waals surface area contributed by atoms with Crippen LogP contribution >= 0.6 is 11.6 Å². The van der Waals surface area contributed by atoms with E-state index in [1.807, 2.05) is 73.3 Å². The number of carbonyl (C=O) groups excluding carboxylic acids is 1. The lowest BCUT2D eigenvalue weighted by atomic mass is 10.1. The number of aryl methyl sites for hydroxylation is 1. The number of aromatic nitrogens is 1. The molecule has 0 bridgehead atoms. The molecule has 0 N–H and O–H groups in total. The van der Waals surface area contributed by atoms with Gasteiger partial charge in [0.2, 0.25) is 5.78 Å². The lowest BCUT2D eigenvalue weighted by Gasteiger charge is -2.11. The standard InChI is InChI=1S/C27H22ClNO4/c1-16-24(32-15-17-4-6-19(28)7-5-17)11-9-21-26(30)25(33-27(16)21)12-18-14-29(2)23-10-8-20(31-3)13-22(18)23/h4-14H,15H2,1-3H3/b25-12-. The minimum atomic E-state index is -0.141. The maximum absolute atomic E-state index is 13.1. The number of ether oxygens (including phenoxy) is 3. The molecule has 0 unspecified atom stereocenters. The van der Waals surface area contributed by atoms with Crippen LogP contribution in [-0.2, 0) is 13.7 Å². The molecule has 0 atom stereocenters. The van der Waals surface area contributed by atoms with Crippen LogP contribution in [0.15, 0.2) is 66.6 Å². The fourth-order valence-corrected chi connectivity index (χ4v) is 4.18. The van der Waals surface area contributed by atoms with Crippen LogP contribution in [0.25, 0.3) is 17.0 Å². The Labute approximate surface area is 196 Å². The number of fused-ring (bicyclic) bond motifs is 2. The Bertz CT molecular complexity index is 1420. The predicted octanol–water partition coefficient (Wildman–Crippen LogP) is 6.34. The van der Waals surface area contributed by atoms with Crippen LogP contribution in [0.1, 0.15) is 27.0 Å². The Balaban J connectivity index is 1.44. The number of carbonyl (C=O) groups is 1. The van der Waals surface area contributed by atoms with Crippen molar-refractivity contribution in [3.63, 3.8) is 0 Å². The lowest BCUT2D eigenvalue weighted by molar-refractivity contribution is 0.101. The molecule has 2 heterocycles. The minimum Gasteiger partial charge on any atom is -0.497 e. The number of nitrogens with zero attached hydrogens (tertiary/aromatic N) is 1. The fraction of sp³-hybridized carbons (Fsp3) is 0.148. The maximum atomic E-state index is 13.1. The molecule has 166 valence electrons. The molecule has 1 aliphatic rings. The van der Waals surface area contributed by atoms with E-state index in [4.69, 9.17) is 25.8 Å². The van der Waals surface area contributed by atoms with E-state index in [0.717, 1.165) is 33.3 Å². The molecule has 1 aromatic heterocycles. The molecule has 0 fully saturated rings. The van der Waals surface area contributed by atoms with Crippen LogP contribution < -0.4 is 14.2 Å². The number of allylic oxidation sites excluding steroid dienone is 1. The van der Waals surface area contributed by atoms with Gasteiger partial charge in [0.15, 0.2) is 5.76 Å². The van der Waals surface area contributed by atoms with Gasteiger partial charge in [-0.3, -0.25) is 4.79 Å². The highest BCUT2D eigenvalue weighted by molar-refractivity contribution is 6.30. The molecule has 0 amide bonds. The third-order valence-electron chi connectivity index (χ3n) is 5.86. The van der Waals surface area contributed by atoms with Crippen molar-refractivity contribution >= 4 is 34.4 Å². The second-order valence-electron chi connectivity index (χ2n) is 8.00. The minimum absolute atomic E-state index is 0.141. The van der Waals surface area contributed by atoms with E-state index < -0.39 is 0 Å². The van der Waals surface area contributed by atoms with E-state index in [2.05, 4.69) is 0 Å². The molecule has 5 rings (SSSR count). The maximum Gasteiger partial charge on any atom is 0.231 e. The molecule has 3 aromatic carbocycles. The number of halogens is 1. The molecule has 0 aliphatic carbocycles. The zero-order valence-electron chi connectivity index (χ0n) is 18.5. The first-order chi connectivity index (χ1) is 15.9. The quantitative estimate of drug-likeness (QED) is 0.326. The summed E-state index contributed by atoms with van der Waals surface area (Å²) in [7, 11) is 3.61. The SMILES string of the molecule is COc1ccc2c(c1)c(/C=C1\Oc3c(ccc(OCc4ccc(Cl)cc4)c3C)C1=O)cn2C. The van der Waals surface area contributed by atoms with E-state index in [9.17, 15) is 4.79 Å². The molecule has 0 radical (unpaired) electrons. The van der Waals surface area contributed by atoms with Crippen molar-refractivity contribution in [2.24, 2.45) is 7.05 Å². The average molecular weight is 460 g/mol. The van der Waals surface area contributed by atoms with E-state index in [1.54, 1.807) is 19.3 Å². The normalized spacial score (nSPS) is 13.9. The first kappa shape index (κ1) is 21.2. The Hall–Kier alpha value is -3.70. The van der Waals surface area contributed by atoms with Crippen LogP contribution in [0, 0.1) is 6.92 Å². The summed E-state index contributed by atoms with van der Waals surface area (Å²) < 4.78 is 19.4. The van der Waals surface area contributed by atoms with E-state index in [1.165, 1.54) is 0 Å². The molecule has 0 saturated heterocycles. The molecular formula is C27H22ClNO4. The largest absolute Gasteiger partial charge is 0.497 e. The fourth-order valence-electron chi connectivity index (χ4n) is 4.05. The molecular weight excluding hydrogens is 438 g/mol. The Morgan fingerprint density at radius 1 is 1.09 bits per heavy atom. The van der Waals surface area contributed by atoms with Crippen LogP contribution in [-0.4, -0.2) is 17.5 Å². The monoisotopic (exact) mass is 459 g/mol. The zero-order valence-corrected chi connectivity index (χ0v) is 19.3. The van der Waals surface area contributed by atoms with Crippen molar-refractivity contribution in [2.45, 2.75) is 13.5 Å². The summed E-state index contributed by atoms with van der Waals surface area (Å²) >= 11 is 5.95. The first-order valence-corrected chi connectivity index (χ1v) is 10.9. The summed E-state index contributed by atoms with van der Waals surface area (Å²) in [6.45, 7) is 2.29. The smallest absolute Gasteiger partial charge is 0.231 e. The Morgan fingerprint density at radius 2 is 1.88 bits per heavy atom. The second-order valence-corrected chi connectivity index (χ2v) is 8.44. The van der Waals surface area contributed by atoms with Gasteiger partial charge in [0.1, 0.15) is 23.9 Å². The summed E-state index contributed by atoms with van der Waals surface area (Å²) in [5, 5.41) is 1.67. The highest BCUT2D eigenvalue weighted by Crippen LogP contribution is 2.40. The van der Waals surface area contributed by atoms with Gasteiger partial charge in [-0.15, -0.1) is 0 Å². The van der Waals surface area contributed by atoms with Crippen molar-refractivity contribution in [1.82, 2.24) is 4.57 Å². The Kier molecular flexibility index (Phi) is 5.35. The molecule has 0 spiro atoms. The van der Waals surface area contributed by atoms with E-state index in [-0.39, 0.29) is 5.78 Å².